The van der Waals surface area contributed by atoms with Crippen LogP contribution < -0.4 is 10.6 Å². The van der Waals surface area contributed by atoms with Crippen molar-refractivity contribution in [3.8, 4) is 0 Å². The number of rotatable bonds is 10. The molecule has 3 N–H and O–H groups in total. The van der Waals surface area contributed by atoms with Crippen molar-refractivity contribution in [3.05, 3.63) is 48.2 Å². The van der Waals surface area contributed by atoms with Crippen molar-refractivity contribution in [1.29, 1.82) is 0 Å². The second-order valence-electron chi connectivity index (χ2n) is 5.30. The maximum absolute atomic E-state index is 11.5. The molecule has 6 heteroatoms. The van der Waals surface area contributed by atoms with Crippen LogP contribution in [-0.4, -0.2) is 29.8 Å². The number of carbonyl (C=O) groups excluding carboxylic acids is 1. The van der Waals surface area contributed by atoms with Gasteiger partial charge < -0.3 is 20.5 Å². The summed E-state index contributed by atoms with van der Waals surface area (Å²) in [7, 11) is 0. The molecule has 0 aliphatic carbocycles. The van der Waals surface area contributed by atoms with Crippen molar-refractivity contribution in [1.82, 2.24) is 10.6 Å². The molecule has 0 bridgehead atoms. The fourth-order valence-corrected chi connectivity index (χ4v) is 1.99. The van der Waals surface area contributed by atoms with Crippen molar-refractivity contribution < 1.29 is 19.4 Å². The monoisotopic (exact) mass is 320 g/mol. The third kappa shape index (κ3) is 8.50. The van der Waals surface area contributed by atoms with Gasteiger partial charge in [-0.2, -0.15) is 0 Å². The van der Waals surface area contributed by atoms with Crippen LogP contribution in [0.3, 0.4) is 0 Å². The van der Waals surface area contributed by atoms with E-state index in [0.717, 1.165) is 5.56 Å². The fraction of sp³-hybridized carbons (Fsp3) is 0.412. The topological polar surface area (TPSA) is 87.7 Å². The van der Waals surface area contributed by atoms with Gasteiger partial charge in [0.25, 0.3) is 0 Å². The zero-order valence-corrected chi connectivity index (χ0v) is 13.4. The maximum Gasteiger partial charge on any atom is 0.407 e. The summed E-state index contributed by atoms with van der Waals surface area (Å²) in [4.78, 5) is 22.5. The van der Waals surface area contributed by atoms with E-state index in [1.165, 1.54) is 0 Å². The number of ether oxygens (including phenoxy) is 1. The molecule has 0 aromatic heterocycles. The van der Waals surface area contributed by atoms with E-state index in [9.17, 15) is 9.59 Å². The lowest BCUT2D eigenvalue weighted by atomic mass is 10.1. The molecule has 0 radical (unpaired) electrons. The summed E-state index contributed by atoms with van der Waals surface area (Å²) in [5.74, 6) is -0.900. The van der Waals surface area contributed by atoms with Gasteiger partial charge in [0.1, 0.15) is 12.6 Å². The highest BCUT2D eigenvalue weighted by molar-refractivity contribution is 5.73. The van der Waals surface area contributed by atoms with E-state index in [0.29, 0.717) is 31.5 Å². The molecule has 0 saturated heterocycles. The van der Waals surface area contributed by atoms with E-state index < -0.39 is 18.1 Å². The SMILES string of the molecule is C=C(C)NC(CCCCNC(=O)OCc1ccccc1)C(=O)O. The van der Waals surface area contributed by atoms with Crippen molar-refractivity contribution in [3.63, 3.8) is 0 Å². The van der Waals surface area contributed by atoms with Crippen molar-refractivity contribution in [2.24, 2.45) is 0 Å². The first-order valence-electron chi connectivity index (χ1n) is 7.58. The molecule has 126 valence electrons. The molecule has 1 aromatic carbocycles. The summed E-state index contributed by atoms with van der Waals surface area (Å²) in [5.41, 5.74) is 1.55. The first-order valence-corrected chi connectivity index (χ1v) is 7.58. The van der Waals surface area contributed by atoms with Gasteiger partial charge >= 0.3 is 12.1 Å². The summed E-state index contributed by atoms with van der Waals surface area (Å²) in [6.45, 7) is 6.05. The molecule has 1 amide bonds. The molecule has 6 nitrogen and oxygen atoms in total. The Labute approximate surface area is 136 Å². The van der Waals surface area contributed by atoms with E-state index >= 15 is 0 Å². The predicted octanol–water partition coefficient (Wildman–Crippen LogP) is 2.66. The molecular formula is C17H24N2O4. The number of hydrogen-bond donors (Lipinski definition) is 3. The molecule has 0 saturated carbocycles. The Hall–Kier alpha value is -2.50. The van der Waals surface area contributed by atoms with Crippen LogP contribution in [0.15, 0.2) is 42.6 Å². The van der Waals surface area contributed by atoms with E-state index in [1.54, 1.807) is 6.92 Å². The minimum Gasteiger partial charge on any atom is -0.480 e. The summed E-state index contributed by atoms with van der Waals surface area (Å²) in [6, 6.07) is 8.79. The number of carboxylic acids is 1. The summed E-state index contributed by atoms with van der Waals surface area (Å²) in [6.07, 6.45) is 1.37. The molecule has 0 spiro atoms. The largest absolute Gasteiger partial charge is 0.480 e. The van der Waals surface area contributed by atoms with Crippen LogP contribution in [0.2, 0.25) is 0 Å². The van der Waals surface area contributed by atoms with E-state index in [4.69, 9.17) is 9.84 Å². The smallest absolute Gasteiger partial charge is 0.407 e. The number of carbonyl (C=O) groups is 2. The second kappa shape index (κ2) is 10.3. The Morgan fingerprint density at radius 1 is 1.26 bits per heavy atom. The van der Waals surface area contributed by atoms with Crippen molar-refractivity contribution in [2.75, 3.05) is 6.54 Å². The third-order valence-corrected chi connectivity index (χ3v) is 3.12. The average Bonchev–Trinajstić information content (AvgIpc) is 2.52. The van der Waals surface area contributed by atoms with Crippen LogP contribution in [0.25, 0.3) is 0 Å². The van der Waals surface area contributed by atoms with Gasteiger partial charge in [-0.1, -0.05) is 36.9 Å². The van der Waals surface area contributed by atoms with Gasteiger partial charge in [-0.15, -0.1) is 0 Å². The molecule has 0 aliphatic rings. The van der Waals surface area contributed by atoms with Gasteiger partial charge in [0.2, 0.25) is 0 Å². The van der Waals surface area contributed by atoms with Crippen LogP contribution >= 0.6 is 0 Å². The van der Waals surface area contributed by atoms with Gasteiger partial charge in [-0.3, -0.25) is 0 Å². The lowest BCUT2D eigenvalue weighted by Gasteiger charge is -2.15. The minimum absolute atomic E-state index is 0.232. The van der Waals surface area contributed by atoms with E-state index in [2.05, 4.69) is 17.2 Å². The van der Waals surface area contributed by atoms with Crippen LogP contribution in [0.1, 0.15) is 31.7 Å². The quantitative estimate of drug-likeness (QED) is 0.577. The highest BCUT2D eigenvalue weighted by atomic mass is 16.5. The first-order chi connectivity index (χ1) is 11.0. The lowest BCUT2D eigenvalue weighted by molar-refractivity contribution is -0.139. The number of nitrogens with one attached hydrogen (secondary N) is 2. The number of unbranched alkanes of at least 4 members (excludes halogenated alkanes) is 1. The number of amides is 1. The maximum atomic E-state index is 11.5. The Morgan fingerprint density at radius 3 is 2.57 bits per heavy atom. The molecule has 0 heterocycles. The number of aliphatic carboxylic acids is 1. The number of benzene rings is 1. The average molecular weight is 320 g/mol. The van der Waals surface area contributed by atoms with Crippen LogP contribution in [0.5, 0.6) is 0 Å². The van der Waals surface area contributed by atoms with Crippen molar-refractivity contribution >= 4 is 12.1 Å². The summed E-state index contributed by atoms with van der Waals surface area (Å²) >= 11 is 0. The highest BCUT2D eigenvalue weighted by Gasteiger charge is 2.15. The summed E-state index contributed by atoms with van der Waals surface area (Å²) < 4.78 is 5.08. The standard InChI is InChI=1S/C17H24N2O4/c1-13(2)19-15(16(20)21)10-6-7-11-18-17(22)23-12-14-8-4-3-5-9-14/h3-5,8-9,15,19H,1,6-7,10-12H2,2H3,(H,18,22)(H,20,21). The van der Waals surface area contributed by atoms with E-state index in [-0.39, 0.29) is 6.61 Å². The number of alkyl carbamates (subject to hydrolysis) is 1. The fourth-order valence-electron chi connectivity index (χ4n) is 1.99. The minimum atomic E-state index is -0.900. The molecule has 0 fully saturated rings. The van der Waals surface area contributed by atoms with Gasteiger partial charge in [0.15, 0.2) is 0 Å². The van der Waals surface area contributed by atoms with Crippen molar-refractivity contribution in [2.45, 2.75) is 38.8 Å². The van der Waals surface area contributed by atoms with E-state index in [1.807, 2.05) is 30.3 Å². The Balaban J connectivity index is 2.12. The van der Waals surface area contributed by atoms with Gasteiger partial charge in [0, 0.05) is 12.2 Å². The predicted molar refractivity (Wildman–Crippen MR) is 87.9 cm³/mol. The molecule has 1 rings (SSSR count). The molecular weight excluding hydrogens is 296 g/mol. The number of allylic oxidation sites excluding steroid dienone is 1. The number of carboxylic acid groups (broad SMARTS) is 1. The number of hydrogen-bond acceptors (Lipinski definition) is 4. The molecule has 23 heavy (non-hydrogen) atoms. The Bertz CT molecular complexity index is 517. The molecule has 0 aliphatic heterocycles. The zero-order chi connectivity index (χ0) is 17.1. The van der Waals surface area contributed by atoms with Crippen LogP contribution in [0.4, 0.5) is 4.79 Å². The highest BCUT2D eigenvalue weighted by Crippen LogP contribution is 2.03. The summed E-state index contributed by atoms with van der Waals surface area (Å²) in [5, 5.41) is 14.5. The zero-order valence-electron chi connectivity index (χ0n) is 13.4. The third-order valence-electron chi connectivity index (χ3n) is 3.12. The van der Waals surface area contributed by atoms with Gasteiger partial charge in [-0.05, 0) is 31.7 Å². The Morgan fingerprint density at radius 2 is 1.96 bits per heavy atom. The van der Waals surface area contributed by atoms with Gasteiger partial charge in [-0.25, -0.2) is 9.59 Å². The Kier molecular flexibility index (Phi) is 8.28. The van der Waals surface area contributed by atoms with Crippen LogP contribution in [-0.2, 0) is 16.1 Å². The van der Waals surface area contributed by atoms with Gasteiger partial charge in [0.05, 0.1) is 0 Å². The second-order valence-corrected chi connectivity index (χ2v) is 5.30. The normalized spacial score (nSPS) is 11.3. The molecule has 1 atom stereocenters. The van der Waals surface area contributed by atoms with Crippen LogP contribution in [0, 0.1) is 0 Å². The molecule has 1 unspecified atom stereocenters. The first kappa shape index (κ1) is 18.5. The lowest BCUT2D eigenvalue weighted by Crippen LogP contribution is -2.35. The molecule has 1 aromatic rings.